The number of rotatable bonds is 10. The van der Waals surface area contributed by atoms with Crippen LogP contribution < -0.4 is 5.19 Å². The Morgan fingerprint density at radius 1 is 0.947 bits per heavy atom. The monoisotopic (exact) mass is 574 g/mol. The van der Waals surface area contributed by atoms with Crippen molar-refractivity contribution in [3.05, 3.63) is 42.5 Å². The molecule has 0 bridgehead atoms. The maximum atomic E-state index is 7.17. The van der Waals surface area contributed by atoms with Crippen LogP contribution >= 0.6 is 0 Å². The first-order chi connectivity index (χ1) is 17.2. The summed E-state index contributed by atoms with van der Waals surface area (Å²) in [6.07, 6.45) is 2.45. The summed E-state index contributed by atoms with van der Waals surface area (Å²) in [7, 11) is -5.33. The average molecular weight is 575 g/mol. The molecule has 0 radical (unpaired) electrons. The van der Waals surface area contributed by atoms with Crippen LogP contribution in [0.15, 0.2) is 42.5 Å². The zero-order valence-electron chi connectivity index (χ0n) is 27.0. The lowest BCUT2D eigenvalue weighted by molar-refractivity contribution is 0.0875. The second kappa shape index (κ2) is 10.7. The largest absolute Gasteiger partial charge is 0.416 e. The molecule has 1 saturated heterocycles. The summed E-state index contributed by atoms with van der Waals surface area (Å²) in [5.41, 5.74) is 0.979. The molecular formula is C32H58O3Si3. The third kappa shape index (κ3) is 6.36. The molecule has 1 aromatic carbocycles. The fourth-order valence-electron chi connectivity index (χ4n) is 5.62. The number of hydrogen-bond acceptors (Lipinski definition) is 3. The van der Waals surface area contributed by atoms with Crippen molar-refractivity contribution in [2.24, 2.45) is 11.8 Å². The normalized spacial score (nSPS) is 27.7. The number of benzene rings is 1. The SMILES string of the molecule is C=C1C[C@@H](O[Si](C)(C)C(C)(C)C)[C@@H](CC[Si](C)(C)c2ccccc2)[C@H]2O[C@@]12[C@@H](C)CO[Si](C)(C)C(C)(C)C. The van der Waals surface area contributed by atoms with Crippen LogP contribution in [0.2, 0.25) is 55.4 Å². The quantitative estimate of drug-likeness (QED) is 0.159. The van der Waals surface area contributed by atoms with Gasteiger partial charge in [-0.05, 0) is 54.7 Å². The van der Waals surface area contributed by atoms with Crippen LogP contribution in [0.1, 0.15) is 61.3 Å². The van der Waals surface area contributed by atoms with Crippen LogP contribution in [0, 0.1) is 11.8 Å². The lowest BCUT2D eigenvalue weighted by Crippen LogP contribution is -2.51. The molecule has 2 fully saturated rings. The van der Waals surface area contributed by atoms with Gasteiger partial charge < -0.3 is 13.6 Å². The lowest BCUT2D eigenvalue weighted by atomic mass is 9.71. The van der Waals surface area contributed by atoms with Crippen molar-refractivity contribution in [3.8, 4) is 0 Å². The smallest absolute Gasteiger partial charge is 0.192 e. The summed E-state index contributed by atoms with van der Waals surface area (Å²) in [6.45, 7) is 36.2. The van der Waals surface area contributed by atoms with Crippen LogP contribution in [-0.2, 0) is 13.6 Å². The summed E-state index contributed by atoms with van der Waals surface area (Å²) in [5, 5.41) is 1.93. The van der Waals surface area contributed by atoms with Gasteiger partial charge in [0.15, 0.2) is 16.6 Å². The number of epoxide rings is 1. The van der Waals surface area contributed by atoms with Crippen LogP contribution in [0.3, 0.4) is 0 Å². The Hall–Kier alpha value is -0.509. The zero-order valence-corrected chi connectivity index (χ0v) is 30.0. The lowest BCUT2D eigenvalue weighted by Gasteiger charge is -2.45. The topological polar surface area (TPSA) is 31.0 Å². The minimum absolute atomic E-state index is 0.181. The van der Waals surface area contributed by atoms with Gasteiger partial charge in [-0.25, -0.2) is 0 Å². The number of fused-ring (bicyclic) bond motifs is 1. The van der Waals surface area contributed by atoms with Gasteiger partial charge >= 0.3 is 0 Å². The van der Waals surface area contributed by atoms with Gasteiger partial charge in [-0.15, -0.1) is 0 Å². The van der Waals surface area contributed by atoms with E-state index in [0.717, 1.165) is 19.4 Å². The molecule has 0 spiro atoms. The van der Waals surface area contributed by atoms with E-state index in [1.807, 2.05) is 0 Å². The van der Waals surface area contributed by atoms with E-state index in [2.05, 4.69) is 125 Å². The van der Waals surface area contributed by atoms with Gasteiger partial charge in [0.05, 0.1) is 20.3 Å². The summed E-state index contributed by atoms with van der Waals surface area (Å²) in [5.74, 6) is 0.699. The molecule has 1 aliphatic heterocycles. The number of ether oxygens (including phenoxy) is 1. The molecule has 0 amide bonds. The molecule has 216 valence electrons. The van der Waals surface area contributed by atoms with Crippen LogP contribution in [-0.4, -0.2) is 49.1 Å². The minimum Gasteiger partial charge on any atom is -0.416 e. The van der Waals surface area contributed by atoms with Crippen molar-refractivity contribution in [3.63, 3.8) is 0 Å². The van der Waals surface area contributed by atoms with E-state index >= 15 is 0 Å². The van der Waals surface area contributed by atoms with Crippen LogP contribution in [0.4, 0.5) is 0 Å². The summed E-state index contributed by atoms with van der Waals surface area (Å²) >= 11 is 0. The Labute approximate surface area is 238 Å². The van der Waals surface area contributed by atoms with Crippen molar-refractivity contribution in [1.29, 1.82) is 0 Å². The van der Waals surface area contributed by atoms with Gasteiger partial charge in [0.25, 0.3) is 0 Å². The van der Waals surface area contributed by atoms with Crippen molar-refractivity contribution in [1.82, 2.24) is 0 Å². The maximum Gasteiger partial charge on any atom is 0.192 e. The molecule has 3 rings (SSSR count). The molecule has 6 heteroatoms. The molecule has 38 heavy (non-hydrogen) atoms. The highest BCUT2D eigenvalue weighted by Crippen LogP contribution is 2.60. The summed E-state index contributed by atoms with van der Waals surface area (Å²) < 4.78 is 20.7. The van der Waals surface area contributed by atoms with E-state index in [9.17, 15) is 0 Å². The van der Waals surface area contributed by atoms with Crippen molar-refractivity contribution >= 4 is 29.9 Å². The first kappa shape index (κ1) is 32.0. The van der Waals surface area contributed by atoms with Crippen LogP contribution in [0.5, 0.6) is 0 Å². The Balaban J connectivity index is 1.84. The molecule has 1 aromatic rings. The fraction of sp³-hybridized carbons (Fsp3) is 0.750. The first-order valence-electron chi connectivity index (χ1n) is 14.9. The molecule has 0 unspecified atom stereocenters. The summed E-state index contributed by atoms with van der Waals surface area (Å²) in [4.78, 5) is 0. The van der Waals surface area contributed by atoms with Gasteiger partial charge in [0, 0.05) is 18.4 Å². The first-order valence-corrected chi connectivity index (χ1v) is 23.9. The number of hydrogen-bond donors (Lipinski definition) is 0. The molecule has 5 atom stereocenters. The van der Waals surface area contributed by atoms with Crippen molar-refractivity contribution in [2.45, 2.75) is 135 Å². The third-order valence-corrected chi connectivity index (χ3v) is 23.1. The Morgan fingerprint density at radius 3 is 2.03 bits per heavy atom. The van der Waals surface area contributed by atoms with E-state index in [0.29, 0.717) is 11.8 Å². The third-order valence-electron chi connectivity index (χ3n) is 10.7. The van der Waals surface area contributed by atoms with Gasteiger partial charge in [0.2, 0.25) is 0 Å². The highest BCUT2D eigenvalue weighted by molar-refractivity contribution is 6.89. The maximum absolute atomic E-state index is 7.17. The van der Waals surface area contributed by atoms with Gasteiger partial charge in [-0.2, -0.15) is 0 Å². The van der Waals surface area contributed by atoms with E-state index in [4.69, 9.17) is 13.6 Å². The predicted octanol–water partition coefficient (Wildman–Crippen LogP) is 8.75. The second-order valence-corrected chi connectivity index (χ2v) is 30.4. The Bertz CT molecular complexity index is 974. The minimum atomic E-state index is -1.93. The predicted molar refractivity (Wildman–Crippen MR) is 172 cm³/mol. The van der Waals surface area contributed by atoms with Crippen LogP contribution in [0.25, 0.3) is 0 Å². The van der Waals surface area contributed by atoms with Crippen molar-refractivity contribution < 1.29 is 13.6 Å². The standard InChI is InChI=1S/C32H58O3Si3/c1-24-22-28(35-38(13,14)31(6,7)8)27(20-21-36(9,10)26-18-16-15-17-19-26)29-32(24,34-29)25(2)23-33-37(11,12)30(3,4)5/h15-19,25,27-29H,1,20-23H2,2-14H3/t25-,27+,28+,29+,32+/m0/s1. The van der Waals surface area contributed by atoms with Gasteiger partial charge in [0.1, 0.15) is 5.60 Å². The fourth-order valence-corrected chi connectivity index (χ4v) is 10.5. The molecule has 0 N–H and O–H groups in total. The molecule has 1 heterocycles. The average Bonchev–Trinajstić information content (AvgIpc) is 3.53. The highest BCUT2D eigenvalue weighted by Gasteiger charge is 2.68. The Morgan fingerprint density at radius 2 is 1.50 bits per heavy atom. The van der Waals surface area contributed by atoms with Gasteiger partial charge in [-0.3, -0.25) is 0 Å². The Kier molecular flexibility index (Phi) is 9.03. The van der Waals surface area contributed by atoms with Crippen molar-refractivity contribution in [2.75, 3.05) is 6.61 Å². The molecule has 3 nitrogen and oxygen atoms in total. The summed E-state index contributed by atoms with van der Waals surface area (Å²) in [6, 6.07) is 12.4. The van der Waals surface area contributed by atoms with Gasteiger partial charge in [-0.1, -0.05) is 110 Å². The molecule has 2 aliphatic rings. The van der Waals surface area contributed by atoms with E-state index in [1.54, 1.807) is 5.19 Å². The van der Waals surface area contributed by atoms with E-state index in [-0.39, 0.29) is 27.9 Å². The molecule has 1 saturated carbocycles. The second-order valence-electron chi connectivity index (χ2n) is 16.0. The molecule has 0 aromatic heterocycles. The molecule has 1 aliphatic carbocycles. The zero-order chi connectivity index (χ0) is 28.9. The molecular weight excluding hydrogens is 517 g/mol. The van der Waals surface area contributed by atoms with E-state index in [1.165, 1.54) is 11.6 Å². The highest BCUT2D eigenvalue weighted by atomic mass is 28.4. The van der Waals surface area contributed by atoms with E-state index < -0.39 is 24.7 Å².